The Hall–Kier alpha value is -0.483. The molecule has 0 aliphatic heterocycles. The van der Waals surface area contributed by atoms with Crippen molar-refractivity contribution in [3.8, 4) is 0 Å². The Balaban J connectivity index is 3.39. The molecule has 0 saturated carbocycles. The van der Waals surface area contributed by atoms with Crippen LogP contribution in [0.5, 0.6) is 0 Å². The smallest absolute Gasteiger partial charge is 0.0719 e. The van der Waals surface area contributed by atoms with E-state index in [4.69, 9.17) is 4.74 Å². The number of hydrogen-bond acceptors (Lipinski definition) is 3. The van der Waals surface area contributed by atoms with Crippen LogP contribution in [-0.2, 0) is 4.74 Å². The first-order chi connectivity index (χ1) is 12.9. The van der Waals surface area contributed by atoms with Crippen molar-refractivity contribution in [1.29, 1.82) is 0 Å². The second-order valence-electron chi connectivity index (χ2n) is 9.02. The third-order valence-corrected chi connectivity index (χ3v) is 8.21. The predicted octanol–water partition coefficient (Wildman–Crippen LogP) is 7.98. The number of hydrogen-bond donors (Lipinski definition) is 0. The highest BCUT2D eigenvalue weighted by Crippen LogP contribution is 2.21. The number of azo groups is 1. The van der Waals surface area contributed by atoms with E-state index in [0.717, 1.165) is 19.7 Å². The highest BCUT2D eigenvalue weighted by atomic mass is 28.3. The van der Waals surface area contributed by atoms with Crippen molar-refractivity contribution >= 4 is 8.07 Å². The van der Waals surface area contributed by atoms with Gasteiger partial charge in [-0.25, -0.2) is 0 Å². The fraction of sp³-hybridized carbons (Fsp3) is 0.913. The van der Waals surface area contributed by atoms with E-state index in [2.05, 4.69) is 43.7 Å². The first kappa shape index (κ1) is 26.5. The van der Waals surface area contributed by atoms with E-state index in [1.165, 1.54) is 77.0 Å². The fourth-order valence-electron chi connectivity index (χ4n) is 3.21. The number of unbranched alkanes of at least 4 members (excludes halogenated alkanes) is 9. The lowest BCUT2D eigenvalue weighted by atomic mass is 10.1. The molecule has 0 aromatic rings. The van der Waals surface area contributed by atoms with Crippen molar-refractivity contribution in [1.82, 2.24) is 0 Å². The van der Waals surface area contributed by atoms with E-state index in [9.17, 15) is 0 Å². The van der Waals surface area contributed by atoms with Gasteiger partial charge < -0.3 is 4.74 Å². The maximum absolute atomic E-state index is 5.07. The number of allylic oxidation sites excluding steroid dienone is 2. The summed E-state index contributed by atoms with van der Waals surface area (Å²) >= 11 is 0. The standard InChI is InChI=1S/C23H48N2OSi/c1-22(23(2)27(4,5)6)18-14-10-12-16-20-25-24-19-15-11-8-7-9-13-17-21-26-3/h7-21H2,1-6H3/b23-22+,25-24?. The third kappa shape index (κ3) is 17.4. The summed E-state index contributed by atoms with van der Waals surface area (Å²) in [6, 6.07) is 0. The molecule has 0 spiro atoms. The number of nitrogens with zero attached hydrogens (tertiary/aromatic N) is 2. The van der Waals surface area contributed by atoms with Gasteiger partial charge in [0.1, 0.15) is 0 Å². The van der Waals surface area contributed by atoms with Crippen LogP contribution in [-0.4, -0.2) is 34.9 Å². The zero-order valence-electron chi connectivity index (χ0n) is 19.4. The van der Waals surface area contributed by atoms with Crippen LogP contribution in [0.3, 0.4) is 0 Å². The van der Waals surface area contributed by atoms with Gasteiger partial charge in [-0.15, -0.1) is 0 Å². The molecule has 0 atom stereocenters. The molecule has 0 aliphatic rings. The Labute approximate surface area is 171 Å². The first-order valence-electron chi connectivity index (χ1n) is 11.4. The second kappa shape index (κ2) is 17.6. The third-order valence-electron chi connectivity index (χ3n) is 5.53. The number of rotatable bonds is 18. The molecular formula is C23H48N2OSi. The molecule has 0 amide bonds. The van der Waals surface area contributed by atoms with Gasteiger partial charge in [0.05, 0.1) is 21.2 Å². The molecule has 0 heterocycles. The summed E-state index contributed by atoms with van der Waals surface area (Å²) in [5.41, 5.74) is 1.64. The molecule has 0 aliphatic carbocycles. The molecule has 160 valence electrons. The van der Waals surface area contributed by atoms with E-state index in [1.54, 1.807) is 17.9 Å². The van der Waals surface area contributed by atoms with Crippen LogP contribution in [0.15, 0.2) is 21.0 Å². The Bertz CT molecular complexity index is 400. The molecule has 0 radical (unpaired) electrons. The van der Waals surface area contributed by atoms with Crippen LogP contribution < -0.4 is 0 Å². The van der Waals surface area contributed by atoms with Gasteiger partial charge in [-0.3, -0.25) is 0 Å². The lowest BCUT2D eigenvalue weighted by Crippen LogP contribution is -2.23. The molecule has 0 rings (SSSR count). The zero-order chi connectivity index (χ0) is 20.4. The molecule has 0 saturated heterocycles. The summed E-state index contributed by atoms with van der Waals surface area (Å²) in [4.78, 5) is 0. The van der Waals surface area contributed by atoms with E-state index in [1.807, 2.05) is 0 Å². The van der Waals surface area contributed by atoms with Crippen molar-refractivity contribution in [2.45, 2.75) is 111 Å². The minimum atomic E-state index is -1.09. The van der Waals surface area contributed by atoms with Crippen LogP contribution in [0, 0.1) is 0 Å². The largest absolute Gasteiger partial charge is 0.385 e. The summed E-state index contributed by atoms with van der Waals surface area (Å²) in [5, 5.41) is 10.4. The predicted molar refractivity (Wildman–Crippen MR) is 124 cm³/mol. The maximum atomic E-state index is 5.07. The SMILES string of the molecule is COCCCCCCCCCN=NCCCCCC/C(C)=C(\C)[Si](C)(C)C. The Morgan fingerprint density at radius 1 is 0.667 bits per heavy atom. The Morgan fingerprint density at radius 3 is 1.59 bits per heavy atom. The van der Waals surface area contributed by atoms with Crippen molar-refractivity contribution in [2.24, 2.45) is 10.2 Å². The molecular weight excluding hydrogens is 348 g/mol. The fourth-order valence-corrected chi connectivity index (χ4v) is 4.61. The molecule has 0 aromatic heterocycles. The van der Waals surface area contributed by atoms with Crippen molar-refractivity contribution in [2.75, 3.05) is 26.8 Å². The van der Waals surface area contributed by atoms with Crippen molar-refractivity contribution in [3.63, 3.8) is 0 Å². The Morgan fingerprint density at radius 2 is 1.11 bits per heavy atom. The van der Waals surface area contributed by atoms with Gasteiger partial charge in [0.2, 0.25) is 0 Å². The quantitative estimate of drug-likeness (QED) is 0.131. The summed E-state index contributed by atoms with van der Waals surface area (Å²) in [7, 11) is 0.694. The van der Waals surface area contributed by atoms with Crippen molar-refractivity contribution < 1.29 is 4.74 Å². The molecule has 0 unspecified atom stereocenters. The van der Waals surface area contributed by atoms with E-state index in [0.29, 0.717) is 0 Å². The Kier molecular flexibility index (Phi) is 17.3. The van der Waals surface area contributed by atoms with Crippen LogP contribution in [0.2, 0.25) is 19.6 Å². The van der Waals surface area contributed by atoms with Gasteiger partial charge in [-0.05, 0) is 46.0 Å². The normalized spacial score (nSPS) is 13.4. The van der Waals surface area contributed by atoms with E-state index < -0.39 is 8.07 Å². The van der Waals surface area contributed by atoms with Gasteiger partial charge in [-0.1, -0.05) is 75.4 Å². The van der Waals surface area contributed by atoms with E-state index >= 15 is 0 Å². The molecule has 4 heteroatoms. The maximum Gasteiger partial charge on any atom is 0.0719 e. The minimum absolute atomic E-state index is 0.912. The minimum Gasteiger partial charge on any atom is -0.385 e. The summed E-state index contributed by atoms with van der Waals surface area (Å²) in [5.74, 6) is 0. The average molecular weight is 397 g/mol. The summed E-state index contributed by atoms with van der Waals surface area (Å²) in [6.45, 7) is 14.8. The van der Waals surface area contributed by atoms with Gasteiger partial charge in [0.15, 0.2) is 0 Å². The van der Waals surface area contributed by atoms with Gasteiger partial charge in [-0.2, -0.15) is 10.2 Å². The number of ether oxygens (including phenoxy) is 1. The topological polar surface area (TPSA) is 34.0 Å². The van der Waals surface area contributed by atoms with Crippen LogP contribution in [0.25, 0.3) is 0 Å². The van der Waals surface area contributed by atoms with Crippen molar-refractivity contribution in [3.05, 3.63) is 10.8 Å². The molecule has 0 aromatic carbocycles. The molecule has 0 bridgehead atoms. The monoisotopic (exact) mass is 396 g/mol. The van der Waals surface area contributed by atoms with Crippen LogP contribution >= 0.6 is 0 Å². The molecule has 0 N–H and O–H groups in total. The van der Waals surface area contributed by atoms with Crippen LogP contribution in [0.1, 0.15) is 90.9 Å². The molecule has 3 nitrogen and oxygen atoms in total. The average Bonchev–Trinajstić information content (AvgIpc) is 2.62. The van der Waals surface area contributed by atoms with Gasteiger partial charge in [0.25, 0.3) is 0 Å². The summed E-state index contributed by atoms with van der Waals surface area (Å²) in [6.07, 6.45) is 15.5. The molecule has 0 fully saturated rings. The number of methoxy groups -OCH3 is 1. The second-order valence-corrected chi connectivity index (χ2v) is 14.3. The van der Waals surface area contributed by atoms with E-state index in [-0.39, 0.29) is 0 Å². The van der Waals surface area contributed by atoms with Gasteiger partial charge in [0, 0.05) is 13.7 Å². The lowest BCUT2D eigenvalue weighted by molar-refractivity contribution is 0.192. The molecule has 27 heavy (non-hydrogen) atoms. The zero-order valence-corrected chi connectivity index (χ0v) is 20.4. The lowest BCUT2D eigenvalue weighted by Gasteiger charge is -2.20. The summed E-state index contributed by atoms with van der Waals surface area (Å²) < 4.78 is 5.07. The van der Waals surface area contributed by atoms with Crippen LogP contribution in [0.4, 0.5) is 0 Å². The first-order valence-corrected chi connectivity index (χ1v) is 14.9. The highest BCUT2D eigenvalue weighted by molar-refractivity contribution is 6.83. The highest BCUT2D eigenvalue weighted by Gasteiger charge is 2.17. The van der Waals surface area contributed by atoms with Gasteiger partial charge >= 0.3 is 0 Å².